The van der Waals surface area contributed by atoms with Crippen LogP contribution in [0.25, 0.3) is 0 Å². The summed E-state index contributed by atoms with van der Waals surface area (Å²) in [5, 5.41) is 15.8. The number of rotatable bonds is 5. The third kappa shape index (κ3) is 3.17. The first kappa shape index (κ1) is 12.3. The first-order chi connectivity index (χ1) is 8.65. The fourth-order valence-corrected chi connectivity index (χ4v) is 2.13. The molecule has 1 heterocycles. The molecular weight excluding hydrogens is 252 g/mol. The van der Waals surface area contributed by atoms with Gasteiger partial charge in [-0.1, -0.05) is 0 Å². The highest BCUT2D eigenvalue weighted by Crippen LogP contribution is 2.22. The first-order valence-electron chi connectivity index (χ1n) is 5.31. The van der Waals surface area contributed by atoms with Crippen molar-refractivity contribution in [3.8, 4) is 0 Å². The summed E-state index contributed by atoms with van der Waals surface area (Å²) in [4.78, 5) is 14.4. The van der Waals surface area contributed by atoms with E-state index >= 15 is 0 Å². The van der Waals surface area contributed by atoms with Gasteiger partial charge in [-0.15, -0.1) is 11.3 Å². The van der Waals surface area contributed by atoms with Crippen molar-refractivity contribution in [1.82, 2.24) is 4.98 Å². The van der Waals surface area contributed by atoms with Crippen LogP contribution in [0.1, 0.15) is 5.69 Å². The quantitative estimate of drug-likeness (QED) is 0.491. The highest BCUT2D eigenvalue weighted by molar-refractivity contribution is 7.07. The minimum atomic E-state index is -0.456. The summed E-state index contributed by atoms with van der Waals surface area (Å²) in [6.07, 6.45) is 0.770. The number of thiazole rings is 1. The van der Waals surface area contributed by atoms with Gasteiger partial charge in [-0.25, -0.2) is 4.98 Å². The smallest absolute Gasteiger partial charge is 0.273 e. The van der Waals surface area contributed by atoms with E-state index < -0.39 is 4.92 Å². The average molecular weight is 264 g/mol. The van der Waals surface area contributed by atoms with Crippen molar-refractivity contribution in [2.75, 3.05) is 17.6 Å². The molecule has 2 aromatic rings. The largest absolute Gasteiger partial charge is 0.398 e. The zero-order chi connectivity index (χ0) is 13.0. The van der Waals surface area contributed by atoms with Crippen molar-refractivity contribution in [3.63, 3.8) is 0 Å². The predicted octanol–water partition coefficient (Wildman–Crippen LogP) is 2.29. The molecule has 1 aromatic carbocycles. The van der Waals surface area contributed by atoms with Crippen molar-refractivity contribution < 1.29 is 4.92 Å². The van der Waals surface area contributed by atoms with Gasteiger partial charge in [0, 0.05) is 41.9 Å². The second-order valence-corrected chi connectivity index (χ2v) is 4.45. The van der Waals surface area contributed by atoms with Crippen molar-refractivity contribution in [3.05, 3.63) is 44.9 Å². The van der Waals surface area contributed by atoms with Crippen LogP contribution in [0.2, 0.25) is 0 Å². The summed E-state index contributed by atoms with van der Waals surface area (Å²) in [6.45, 7) is 0.657. The first-order valence-corrected chi connectivity index (χ1v) is 6.25. The van der Waals surface area contributed by atoms with Gasteiger partial charge in [0.2, 0.25) is 0 Å². The molecule has 0 aliphatic heterocycles. The van der Waals surface area contributed by atoms with E-state index in [0.717, 1.165) is 12.1 Å². The Morgan fingerprint density at radius 3 is 2.94 bits per heavy atom. The monoisotopic (exact) mass is 264 g/mol. The number of hydrogen-bond donors (Lipinski definition) is 2. The Morgan fingerprint density at radius 2 is 2.28 bits per heavy atom. The number of nitro benzene ring substituents is 1. The van der Waals surface area contributed by atoms with Crippen LogP contribution in [0, 0.1) is 10.1 Å². The molecule has 1 aromatic heterocycles. The Morgan fingerprint density at radius 1 is 1.44 bits per heavy atom. The van der Waals surface area contributed by atoms with Gasteiger partial charge < -0.3 is 11.1 Å². The van der Waals surface area contributed by atoms with Crippen LogP contribution in [0.5, 0.6) is 0 Å². The van der Waals surface area contributed by atoms with E-state index in [4.69, 9.17) is 5.73 Å². The van der Waals surface area contributed by atoms with Gasteiger partial charge in [-0.05, 0) is 6.07 Å². The fourth-order valence-electron chi connectivity index (χ4n) is 1.54. The summed E-state index contributed by atoms with van der Waals surface area (Å²) in [5.41, 5.74) is 9.41. The topological polar surface area (TPSA) is 94.1 Å². The van der Waals surface area contributed by atoms with E-state index in [1.807, 2.05) is 5.38 Å². The predicted molar refractivity (Wildman–Crippen MR) is 71.8 cm³/mol. The van der Waals surface area contributed by atoms with Crippen molar-refractivity contribution >= 4 is 28.4 Å². The van der Waals surface area contributed by atoms with Gasteiger partial charge in [-0.2, -0.15) is 0 Å². The fraction of sp³-hybridized carbons (Fsp3) is 0.182. The molecule has 0 radical (unpaired) electrons. The van der Waals surface area contributed by atoms with Crippen molar-refractivity contribution in [2.45, 2.75) is 6.42 Å². The molecule has 0 unspecified atom stereocenters. The zero-order valence-electron chi connectivity index (χ0n) is 9.50. The molecule has 2 rings (SSSR count). The molecule has 6 nitrogen and oxygen atoms in total. The van der Waals surface area contributed by atoms with Gasteiger partial charge >= 0.3 is 0 Å². The van der Waals surface area contributed by atoms with Crippen LogP contribution in [0.4, 0.5) is 17.1 Å². The molecule has 0 fully saturated rings. The van der Waals surface area contributed by atoms with Crippen LogP contribution in [0.3, 0.4) is 0 Å². The number of benzene rings is 1. The lowest BCUT2D eigenvalue weighted by Gasteiger charge is -2.06. The van der Waals surface area contributed by atoms with Crippen LogP contribution in [-0.2, 0) is 6.42 Å². The molecule has 0 atom stereocenters. The number of nitrogen functional groups attached to an aromatic ring is 1. The van der Waals surface area contributed by atoms with Crippen LogP contribution < -0.4 is 11.1 Å². The average Bonchev–Trinajstić information content (AvgIpc) is 2.81. The number of nitrogens with two attached hydrogens (primary N) is 1. The number of nitro groups is 1. The van der Waals surface area contributed by atoms with Gasteiger partial charge in [-0.3, -0.25) is 10.1 Å². The van der Waals surface area contributed by atoms with Gasteiger partial charge in [0.05, 0.1) is 16.1 Å². The number of anilines is 2. The van der Waals surface area contributed by atoms with Crippen LogP contribution in [0.15, 0.2) is 29.1 Å². The molecule has 0 amide bonds. The number of aromatic nitrogens is 1. The van der Waals surface area contributed by atoms with Crippen molar-refractivity contribution in [1.29, 1.82) is 0 Å². The van der Waals surface area contributed by atoms with E-state index in [-0.39, 0.29) is 5.69 Å². The van der Waals surface area contributed by atoms with E-state index in [2.05, 4.69) is 10.3 Å². The Balaban J connectivity index is 1.98. The molecule has 0 saturated carbocycles. The normalized spacial score (nSPS) is 10.2. The molecule has 3 N–H and O–H groups in total. The molecule has 0 saturated heterocycles. The summed E-state index contributed by atoms with van der Waals surface area (Å²) >= 11 is 1.55. The number of non-ortho nitro benzene ring substituents is 1. The Bertz CT molecular complexity index is 542. The summed E-state index contributed by atoms with van der Waals surface area (Å²) in [5.74, 6) is 0. The van der Waals surface area contributed by atoms with E-state index in [1.54, 1.807) is 22.9 Å². The van der Waals surface area contributed by atoms with Crippen LogP contribution >= 0.6 is 11.3 Å². The lowest BCUT2D eigenvalue weighted by molar-refractivity contribution is -0.384. The minimum absolute atomic E-state index is 0.00819. The maximum atomic E-state index is 10.7. The van der Waals surface area contributed by atoms with Gasteiger partial charge in [0.25, 0.3) is 5.69 Å². The maximum absolute atomic E-state index is 10.7. The highest BCUT2D eigenvalue weighted by Gasteiger charge is 2.08. The Hall–Kier alpha value is -2.15. The standard InChI is InChI=1S/C11H12N4O2S/c12-8-3-10(5-11(4-8)15(16)17)13-2-1-9-6-18-7-14-9/h3-7,13H,1-2,12H2. The summed E-state index contributed by atoms with van der Waals surface area (Å²) in [7, 11) is 0. The highest BCUT2D eigenvalue weighted by atomic mass is 32.1. The third-order valence-electron chi connectivity index (χ3n) is 2.34. The summed E-state index contributed by atoms with van der Waals surface area (Å²) < 4.78 is 0. The Labute approximate surface area is 108 Å². The number of nitrogens with one attached hydrogen (secondary N) is 1. The molecule has 94 valence electrons. The summed E-state index contributed by atoms with van der Waals surface area (Å²) in [6, 6.07) is 4.48. The number of nitrogens with zero attached hydrogens (tertiary/aromatic N) is 2. The maximum Gasteiger partial charge on any atom is 0.273 e. The molecule has 18 heavy (non-hydrogen) atoms. The lowest BCUT2D eigenvalue weighted by atomic mass is 10.2. The van der Waals surface area contributed by atoms with E-state index in [0.29, 0.717) is 17.9 Å². The van der Waals surface area contributed by atoms with Gasteiger partial charge in [0.1, 0.15) is 0 Å². The molecule has 0 spiro atoms. The van der Waals surface area contributed by atoms with Crippen molar-refractivity contribution in [2.24, 2.45) is 0 Å². The van der Waals surface area contributed by atoms with E-state index in [1.165, 1.54) is 12.1 Å². The Kier molecular flexibility index (Phi) is 3.73. The molecule has 0 aliphatic rings. The zero-order valence-corrected chi connectivity index (χ0v) is 10.3. The molecule has 0 aliphatic carbocycles. The minimum Gasteiger partial charge on any atom is -0.398 e. The molecule has 7 heteroatoms. The molecular formula is C11H12N4O2S. The van der Waals surface area contributed by atoms with Gasteiger partial charge in [0.15, 0.2) is 0 Å². The molecule has 0 bridgehead atoms. The SMILES string of the molecule is Nc1cc(NCCc2cscn2)cc([N+](=O)[O-])c1. The van der Waals surface area contributed by atoms with E-state index in [9.17, 15) is 10.1 Å². The lowest BCUT2D eigenvalue weighted by Crippen LogP contribution is -2.06. The second kappa shape index (κ2) is 5.46. The second-order valence-electron chi connectivity index (χ2n) is 3.73. The van der Waals surface area contributed by atoms with Crippen LogP contribution in [-0.4, -0.2) is 16.5 Å². The third-order valence-corrected chi connectivity index (χ3v) is 2.98. The number of hydrogen-bond acceptors (Lipinski definition) is 6.